The maximum absolute atomic E-state index is 10.2. The minimum absolute atomic E-state index is 0.0499. The molecule has 0 aliphatic heterocycles. The van der Waals surface area contributed by atoms with Crippen LogP contribution in [0.2, 0.25) is 0 Å². The average molecular weight is 309 g/mol. The molecule has 0 aliphatic rings. The van der Waals surface area contributed by atoms with Crippen molar-refractivity contribution in [3.63, 3.8) is 0 Å². The third-order valence-electron chi connectivity index (χ3n) is 3.75. The van der Waals surface area contributed by atoms with Gasteiger partial charge in [0.05, 0.1) is 19.8 Å². The summed E-state index contributed by atoms with van der Waals surface area (Å²) >= 11 is 0. The monoisotopic (exact) mass is 309 g/mol. The van der Waals surface area contributed by atoms with Crippen LogP contribution in [0.5, 0.6) is 11.5 Å². The lowest BCUT2D eigenvalue weighted by Gasteiger charge is -2.33. The third-order valence-corrected chi connectivity index (χ3v) is 3.75. The SMILES string of the molecule is COc1cc(C(C)(C)CC(C)(C)O)c(OC)cc1CC(C)N. The summed E-state index contributed by atoms with van der Waals surface area (Å²) in [5, 5.41) is 10.2. The summed E-state index contributed by atoms with van der Waals surface area (Å²) in [4.78, 5) is 0. The fourth-order valence-electron chi connectivity index (χ4n) is 3.17. The Kier molecular flexibility index (Phi) is 5.88. The van der Waals surface area contributed by atoms with E-state index in [2.05, 4.69) is 13.8 Å². The highest BCUT2D eigenvalue weighted by atomic mass is 16.5. The molecule has 0 radical (unpaired) electrons. The number of hydrogen-bond donors (Lipinski definition) is 2. The van der Waals surface area contributed by atoms with Crippen LogP contribution in [-0.2, 0) is 11.8 Å². The Balaban J connectivity index is 3.35. The van der Waals surface area contributed by atoms with E-state index in [4.69, 9.17) is 15.2 Å². The van der Waals surface area contributed by atoms with Gasteiger partial charge in [-0.1, -0.05) is 13.8 Å². The number of benzene rings is 1. The van der Waals surface area contributed by atoms with E-state index in [1.165, 1.54) is 0 Å². The minimum Gasteiger partial charge on any atom is -0.496 e. The Hall–Kier alpha value is -1.26. The van der Waals surface area contributed by atoms with Crippen molar-refractivity contribution in [3.05, 3.63) is 23.3 Å². The van der Waals surface area contributed by atoms with Crippen LogP contribution in [-0.4, -0.2) is 31.0 Å². The number of aliphatic hydroxyl groups is 1. The first-order valence-electron chi connectivity index (χ1n) is 7.73. The number of hydrogen-bond acceptors (Lipinski definition) is 4. The van der Waals surface area contributed by atoms with E-state index in [1.54, 1.807) is 14.2 Å². The predicted molar refractivity (Wildman–Crippen MR) is 90.8 cm³/mol. The van der Waals surface area contributed by atoms with E-state index in [1.807, 2.05) is 32.9 Å². The molecule has 3 N–H and O–H groups in total. The molecular weight excluding hydrogens is 278 g/mol. The average Bonchev–Trinajstić information content (AvgIpc) is 2.34. The van der Waals surface area contributed by atoms with Gasteiger partial charge < -0.3 is 20.3 Å². The largest absolute Gasteiger partial charge is 0.496 e. The van der Waals surface area contributed by atoms with Crippen molar-refractivity contribution in [1.82, 2.24) is 0 Å². The summed E-state index contributed by atoms with van der Waals surface area (Å²) in [5.41, 5.74) is 6.98. The van der Waals surface area contributed by atoms with Gasteiger partial charge in [-0.2, -0.15) is 0 Å². The molecule has 1 unspecified atom stereocenters. The molecule has 0 saturated carbocycles. The lowest BCUT2D eigenvalue weighted by Crippen LogP contribution is -2.31. The third kappa shape index (κ3) is 4.89. The minimum atomic E-state index is -0.758. The lowest BCUT2D eigenvalue weighted by molar-refractivity contribution is 0.0496. The van der Waals surface area contributed by atoms with Gasteiger partial charge in [-0.15, -0.1) is 0 Å². The molecule has 1 atom stereocenters. The zero-order valence-corrected chi connectivity index (χ0v) is 15.0. The van der Waals surface area contributed by atoms with E-state index in [0.717, 1.165) is 29.0 Å². The summed E-state index contributed by atoms with van der Waals surface area (Å²) in [7, 11) is 3.33. The number of ether oxygens (including phenoxy) is 2. The maximum Gasteiger partial charge on any atom is 0.123 e. The van der Waals surface area contributed by atoms with E-state index < -0.39 is 5.60 Å². The molecule has 4 nitrogen and oxygen atoms in total. The predicted octanol–water partition coefficient (Wildman–Crippen LogP) is 3.03. The first-order chi connectivity index (χ1) is 10.00. The van der Waals surface area contributed by atoms with Crippen molar-refractivity contribution in [1.29, 1.82) is 0 Å². The fourth-order valence-corrected chi connectivity index (χ4v) is 3.17. The Morgan fingerprint density at radius 3 is 2.05 bits per heavy atom. The quantitative estimate of drug-likeness (QED) is 0.812. The van der Waals surface area contributed by atoms with Gasteiger partial charge in [-0.3, -0.25) is 0 Å². The summed E-state index contributed by atoms with van der Waals surface area (Å²) in [5.74, 6) is 1.63. The Morgan fingerprint density at radius 2 is 1.64 bits per heavy atom. The topological polar surface area (TPSA) is 64.7 Å². The van der Waals surface area contributed by atoms with Crippen LogP contribution in [0, 0.1) is 0 Å². The van der Waals surface area contributed by atoms with Gasteiger partial charge in [0.1, 0.15) is 11.5 Å². The molecule has 0 aliphatic carbocycles. The molecule has 0 fully saturated rings. The van der Waals surface area contributed by atoms with Gasteiger partial charge in [0, 0.05) is 11.6 Å². The van der Waals surface area contributed by atoms with Crippen LogP contribution in [0.3, 0.4) is 0 Å². The van der Waals surface area contributed by atoms with E-state index in [9.17, 15) is 5.11 Å². The second-order valence-corrected chi connectivity index (χ2v) is 7.42. The Labute approximate surface area is 134 Å². The smallest absolute Gasteiger partial charge is 0.123 e. The van der Waals surface area contributed by atoms with Crippen molar-refractivity contribution >= 4 is 0 Å². The molecule has 126 valence electrons. The summed E-state index contributed by atoms with van der Waals surface area (Å²) in [6.45, 7) is 9.82. The van der Waals surface area contributed by atoms with Gasteiger partial charge >= 0.3 is 0 Å². The zero-order valence-electron chi connectivity index (χ0n) is 15.0. The van der Waals surface area contributed by atoms with Gasteiger partial charge in [-0.25, -0.2) is 0 Å². The molecule has 0 amide bonds. The summed E-state index contributed by atoms with van der Waals surface area (Å²) < 4.78 is 11.1. The summed E-state index contributed by atoms with van der Waals surface area (Å²) in [6, 6.07) is 4.07. The molecule has 0 aromatic heterocycles. The highest BCUT2D eigenvalue weighted by Gasteiger charge is 2.32. The van der Waals surface area contributed by atoms with Crippen molar-refractivity contribution < 1.29 is 14.6 Å². The number of rotatable bonds is 7. The van der Waals surface area contributed by atoms with Crippen molar-refractivity contribution in [2.75, 3.05) is 14.2 Å². The van der Waals surface area contributed by atoms with Crippen LogP contribution < -0.4 is 15.2 Å². The summed E-state index contributed by atoms with van der Waals surface area (Å²) in [6.07, 6.45) is 1.35. The van der Waals surface area contributed by atoms with Crippen LogP contribution in [0.15, 0.2) is 12.1 Å². The molecule has 22 heavy (non-hydrogen) atoms. The van der Waals surface area contributed by atoms with E-state index in [0.29, 0.717) is 6.42 Å². The number of methoxy groups -OCH3 is 2. The van der Waals surface area contributed by atoms with Gasteiger partial charge in [0.25, 0.3) is 0 Å². The van der Waals surface area contributed by atoms with E-state index >= 15 is 0 Å². The molecule has 0 heterocycles. The van der Waals surface area contributed by atoms with Crippen molar-refractivity contribution in [2.24, 2.45) is 5.73 Å². The van der Waals surface area contributed by atoms with Gasteiger partial charge in [-0.05, 0) is 56.7 Å². The highest BCUT2D eigenvalue weighted by Crippen LogP contribution is 2.41. The fraction of sp³-hybridized carbons (Fsp3) is 0.667. The van der Waals surface area contributed by atoms with Crippen molar-refractivity contribution in [3.8, 4) is 11.5 Å². The first kappa shape index (κ1) is 18.8. The van der Waals surface area contributed by atoms with Gasteiger partial charge in [0.2, 0.25) is 0 Å². The van der Waals surface area contributed by atoms with Crippen LogP contribution in [0.1, 0.15) is 52.2 Å². The molecule has 0 bridgehead atoms. The second kappa shape index (κ2) is 6.88. The van der Waals surface area contributed by atoms with E-state index in [-0.39, 0.29) is 11.5 Å². The van der Waals surface area contributed by atoms with Crippen molar-refractivity contribution in [2.45, 2.75) is 64.5 Å². The normalized spacial score (nSPS) is 13.9. The lowest BCUT2D eigenvalue weighted by atomic mass is 9.75. The Morgan fingerprint density at radius 1 is 1.09 bits per heavy atom. The molecule has 1 aromatic rings. The van der Waals surface area contributed by atoms with Crippen LogP contribution in [0.4, 0.5) is 0 Å². The molecule has 4 heteroatoms. The molecule has 1 aromatic carbocycles. The second-order valence-electron chi connectivity index (χ2n) is 7.42. The molecular formula is C18H31NO3. The molecule has 1 rings (SSSR count). The number of nitrogens with two attached hydrogens (primary N) is 1. The maximum atomic E-state index is 10.2. The molecule has 0 spiro atoms. The standard InChI is InChI=1S/C18H31NO3/c1-12(19)8-13-9-16(22-7)14(10-15(13)21-6)17(2,3)11-18(4,5)20/h9-10,12,20H,8,11,19H2,1-7H3. The Bertz CT molecular complexity index is 502. The zero-order chi connectivity index (χ0) is 17.1. The molecule has 0 saturated heterocycles. The first-order valence-corrected chi connectivity index (χ1v) is 7.73. The van der Waals surface area contributed by atoms with Crippen LogP contribution in [0.25, 0.3) is 0 Å². The van der Waals surface area contributed by atoms with Crippen LogP contribution >= 0.6 is 0 Å². The van der Waals surface area contributed by atoms with Gasteiger partial charge in [0.15, 0.2) is 0 Å². The highest BCUT2D eigenvalue weighted by molar-refractivity contribution is 5.50.